The van der Waals surface area contributed by atoms with Crippen molar-refractivity contribution >= 4 is 17.4 Å². The summed E-state index contributed by atoms with van der Waals surface area (Å²) in [5.41, 5.74) is 2.30. The van der Waals surface area contributed by atoms with Gasteiger partial charge in [-0.3, -0.25) is 14.9 Å². The second-order valence-electron chi connectivity index (χ2n) is 5.53. The van der Waals surface area contributed by atoms with Crippen LogP contribution in [-0.4, -0.2) is 22.8 Å². The van der Waals surface area contributed by atoms with Gasteiger partial charge in [-0.25, -0.2) is 4.79 Å². The molecule has 24 heavy (non-hydrogen) atoms. The van der Waals surface area contributed by atoms with Crippen molar-refractivity contribution in [3.8, 4) is 0 Å². The first-order chi connectivity index (χ1) is 11.3. The van der Waals surface area contributed by atoms with Crippen LogP contribution in [0.3, 0.4) is 0 Å². The standard InChI is InChI=1S/C18H17NO5/c1-11-4-5-12(2)16(10-11)17(20)13(3)24-18(21)14-6-8-15(9-7-14)19(22)23/h4-10,13H,1-3H3/t13-/m0/s1. The summed E-state index contributed by atoms with van der Waals surface area (Å²) in [6, 6.07) is 10.5. The van der Waals surface area contributed by atoms with Crippen molar-refractivity contribution in [2.75, 3.05) is 0 Å². The van der Waals surface area contributed by atoms with E-state index < -0.39 is 17.0 Å². The molecule has 6 heteroatoms. The number of carbonyl (C=O) groups excluding carboxylic acids is 2. The lowest BCUT2D eigenvalue weighted by Gasteiger charge is -2.14. The molecule has 124 valence electrons. The highest BCUT2D eigenvalue weighted by atomic mass is 16.6. The lowest BCUT2D eigenvalue weighted by Crippen LogP contribution is -2.25. The molecule has 0 aliphatic rings. The number of rotatable bonds is 5. The zero-order valence-electron chi connectivity index (χ0n) is 13.6. The van der Waals surface area contributed by atoms with Gasteiger partial charge in [0.15, 0.2) is 6.10 Å². The van der Waals surface area contributed by atoms with E-state index in [0.717, 1.165) is 11.1 Å². The quantitative estimate of drug-likeness (QED) is 0.362. The van der Waals surface area contributed by atoms with Crippen LogP contribution in [0.25, 0.3) is 0 Å². The van der Waals surface area contributed by atoms with Crippen molar-refractivity contribution in [1.29, 1.82) is 0 Å². The van der Waals surface area contributed by atoms with Crippen molar-refractivity contribution in [2.24, 2.45) is 0 Å². The molecule has 0 bridgehead atoms. The van der Waals surface area contributed by atoms with Gasteiger partial charge in [0.05, 0.1) is 10.5 Å². The fourth-order valence-electron chi connectivity index (χ4n) is 2.22. The van der Waals surface area contributed by atoms with Gasteiger partial charge >= 0.3 is 5.97 Å². The van der Waals surface area contributed by atoms with Gasteiger partial charge in [-0.2, -0.15) is 0 Å². The molecule has 0 N–H and O–H groups in total. The molecule has 0 amide bonds. The Labute approximate surface area is 139 Å². The summed E-state index contributed by atoms with van der Waals surface area (Å²) in [6.07, 6.45) is -0.951. The fraction of sp³-hybridized carbons (Fsp3) is 0.222. The zero-order valence-corrected chi connectivity index (χ0v) is 13.6. The molecular formula is C18H17NO5. The van der Waals surface area contributed by atoms with Gasteiger partial charge in [-0.15, -0.1) is 0 Å². The Balaban J connectivity index is 2.12. The summed E-state index contributed by atoms with van der Waals surface area (Å²) in [5, 5.41) is 10.6. The minimum atomic E-state index is -0.951. The van der Waals surface area contributed by atoms with Gasteiger partial charge < -0.3 is 4.74 Å². The van der Waals surface area contributed by atoms with E-state index in [9.17, 15) is 19.7 Å². The molecule has 2 aromatic rings. The van der Waals surface area contributed by atoms with E-state index in [2.05, 4.69) is 0 Å². The van der Waals surface area contributed by atoms with Crippen LogP contribution in [0.15, 0.2) is 42.5 Å². The predicted octanol–water partition coefficient (Wildman–Crippen LogP) is 3.64. The molecule has 6 nitrogen and oxygen atoms in total. The van der Waals surface area contributed by atoms with Crippen LogP contribution in [0.2, 0.25) is 0 Å². The molecule has 2 rings (SSSR count). The summed E-state index contributed by atoms with van der Waals surface area (Å²) < 4.78 is 5.19. The molecule has 0 spiro atoms. The number of nitro benzene ring substituents is 1. The lowest BCUT2D eigenvalue weighted by atomic mass is 9.99. The van der Waals surface area contributed by atoms with Crippen LogP contribution < -0.4 is 0 Å². The second-order valence-corrected chi connectivity index (χ2v) is 5.53. The lowest BCUT2D eigenvalue weighted by molar-refractivity contribution is -0.384. The van der Waals surface area contributed by atoms with E-state index >= 15 is 0 Å². The Kier molecular flexibility index (Phi) is 5.08. The van der Waals surface area contributed by atoms with E-state index in [1.54, 1.807) is 6.07 Å². The summed E-state index contributed by atoms with van der Waals surface area (Å²) in [7, 11) is 0. The van der Waals surface area contributed by atoms with Crippen LogP contribution in [-0.2, 0) is 4.74 Å². The highest BCUT2D eigenvalue weighted by molar-refractivity contribution is 6.02. The largest absolute Gasteiger partial charge is 0.451 e. The third kappa shape index (κ3) is 3.84. The molecule has 0 radical (unpaired) electrons. The molecule has 0 heterocycles. The smallest absolute Gasteiger partial charge is 0.338 e. The predicted molar refractivity (Wildman–Crippen MR) is 88.2 cm³/mol. The van der Waals surface area contributed by atoms with Crippen LogP contribution in [0.4, 0.5) is 5.69 Å². The molecular weight excluding hydrogens is 310 g/mol. The minimum absolute atomic E-state index is 0.119. The van der Waals surface area contributed by atoms with Crippen molar-refractivity contribution in [2.45, 2.75) is 26.9 Å². The monoisotopic (exact) mass is 327 g/mol. The number of carbonyl (C=O) groups is 2. The molecule has 0 fully saturated rings. The van der Waals surface area contributed by atoms with Crippen molar-refractivity contribution in [1.82, 2.24) is 0 Å². The third-order valence-corrected chi connectivity index (χ3v) is 3.63. The number of ketones is 1. The SMILES string of the molecule is Cc1ccc(C)c(C(=O)[C@H](C)OC(=O)c2ccc([N+](=O)[O-])cc2)c1. The summed E-state index contributed by atoms with van der Waals surface area (Å²) >= 11 is 0. The fourth-order valence-corrected chi connectivity index (χ4v) is 2.22. The maximum absolute atomic E-state index is 12.5. The van der Waals surface area contributed by atoms with Gasteiger partial charge in [0.25, 0.3) is 5.69 Å². The number of nitrogens with zero attached hydrogens (tertiary/aromatic N) is 1. The molecule has 0 unspecified atom stereocenters. The number of nitro groups is 1. The summed E-state index contributed by atoms with van der Waals surface area (Å²) in [4.78, 5) is 34.6. The van der Waals surface area contributed by atoms with E-state index in [4.69, 9.17) is 4.74 Å². The first kappa shape index (κ1) is 17.3. The average molecular weight is 327 g/mol. The van der Waals surface area contributed by atoms with Crippen LogP contribution in [0, 0.1) is 24.0 Å². The third-order valence-electron chi connectivity index (χ3n) is 3.63. The number of ether oxygens (including phenoxy) is 1. The molecule has 0 saturated carbocycles. The molecule has 0 aromatic heterocycles. The van der Waals surface area contributed by atoms with E-state index in [1.807, 2.05) is 26.0 Å². The number of Topliss-reactive ketones (excluding diaryl/α,β-unsaturated/α-hetero) is 1. The number of hydrogen-bond donors (Lipinski definition) is 0. The Morgan fingerprint density at radius 1 is 1.08 bits per heavy atom. The van der Waals surface area contributed by atoms with Crippen molar-refractivity contribution in [3.05, 3.63) is 74.8 Å². The first-order valence-corrected chi connectivity index (χ1v) is 7.36. The van der Waals surface area contributed by atoms with E-state index in [0.29, 0.717) is 5.56 Å². The van der Waals surface area contributed by atoms with Crippen LogP contribution in [0.5, 0.6) is 0 Å². The summed E-state index contributed by atoms with van der Waals surface area (Å²) in [6.45, 7) is 5.20. The second kappa shape index (κ2) is 7.04. The molecule has 0 aliphatic heterocycles. The maximum atomic E-state index is 12.5. The Morgan fingerprint density at radius 3 is 2.29 bits per heavy atom. The van der Waals surface area contributed by atoms with E-state index in [-0.39, 0.29) is 17.0 Å². The Hall–Kier alpha value is -3.02. The van der Waals surface area contributed by atoms with Gasteiger partial charge in [-0.1, -0.05) is 17.7 Å². The Morgan fingerprint density at radius 2 is 1.71 bits per heavy atom. The van der Waals surface area contributed by atoms with Crippen LogP contribution >= 0.6 is 0 Å². The normalized spacial score (nSPS) is 11.6. The van der Waals surface area contributed by atoms with Crippen molar-refractivity contribution < 1.29 is 19.2 Å². The number of non-ortho nitro benzene ring substituents is 1. The molecule has 1 atom stereocenters. The van der Waals surface area contributed by atoms with Crippen LogP contribution in [0.1, 0.15) is 38.8 Å². The zero-order chi connectivity index (χ0) is 17.9. The van der Waals surface area contributed by atoms with Gasteiger partial charge in [-0.05, 0) is 44.5 Å². The summed E-state index contributed by atoms with van der Waals surface area (Å²) in [5.74, 6) is -0.984. The number of hydrogen-bond acceptors (Lipinski definition) is 5. The highest BCUT2D eigenvalue weighted by Gasteiger charge is 2.22. The Bertz CT molecular complexity index is 796. The van der Waals surface area contributed by atoms with Gasteiger partial charge in [0, 0.05) is 17.7 Å². The molecule has 0 aliphatic carbocycles. The van der Waals surface area contributed by atoms with E-state index in [1.165, 1.54) is 31.2 Å². The first-order valence-electron chi connectivity index (χ1n) is 7.36. The number of aryl methyl sites for hydroxylation is 2. The topological polar surface area (TPSA) is 86.5 Å². The number of benzene rings is 2. The maximum Gasteiger partial charge on any atom is 0.338 e. The molecule has 2 aromatic carbocycles. The van der Waals surface area contributed by atoms with Crippen molar-refractivity contribution in [3.63, 3.8) is 0 Å². The average Bonchev–Trinajstić information content (AvgIpc) is 2.56. The number of esters is 1. The minimum Gasteiger partial charge on any atom is -0.451 e. The molecule has 0 saturated heterocycles. The van der Waals surface area contributed by atoms with Gasteiger partial charge in [0.1, 0.15) is 0 Å². The highest BCUT2D eigenvalue weighted by Crippen LogP contribution is 2.17. The van der Waals surface area contributed by atoms with Gasteiger partial charge in [0.2, 0.25) is 5.78 Å².